The molecule has 1 amide bonds. The molecule has 1 atom stereocenters. The minimum atomic E-state index is -0.118. The fourth-order valence-corrected chi connectivity index (χ4v) is 5.72. The van der Waals surface area contributed by atoms with Gasteiger partial charge in [-0.3, -0.25) is 4.79 Å². The van der Waals surface area contributed by atoms with Crippen LogP contribution >= 0.6 is 11.3 Å². The largest absolute Gasteiger partial charge is 0.493 e. The molecule has 3 aromatic rings. The summed E-state index contributed by atoms with van der Waals surface area (Å²) in [6, 6.07) is 9.33. The van der Waals surface area contributed by atoms with Crippen molar-refractivity contribution in [2.45, 2.75) is 46.6 Å². The molecule has 34 heavy (non-hydrogen) atoms. The number of hydrogen-bond donors (Lipinski definition) is 1. The molecule has 0 bridgehead atoms. The first-order chi connectivity index (χ1) is 16.3. The third kappa shape index (κ3) is 5.04. The van der Waals surface area contributed by atoms with Crippen molar-refractivity contribution in [2.24, 2.45) is 16.3 Å². The van der Waals surface area contributed by atoms with E-state index in [4.69, 9.17) is 18.9 Å². The van der Waals surface area contributed by atoms with E-state index in [0.29, 0.717) is 29.5 Å². The molecule has 7 heteroatoms. The van der Waals surface area contributed by atoms with Crippen molar-refractivity contribution in [3.8, 4) is 11.5 Å². The summed E-state index contributed by atoms with van der Waals surface area (Å²) in [5.41, 5.74) is 2.83. The molecule has 1 aliphatic carbocycles. The van der Waals surface area contributed by atoms with Gasteiger partial charge in [0.15, 0.2) is 11.5 Å². The van der Waals surface area contributed by atoms with Gasteiger partial charge in [0.05, 0.1) is 32.6 Å². The van der Waals surface area contributed by atoms with Crippen LogP contribution in [0.5, 0.6) is 11.5 Å². The lowest BCUT2D eigenvalue weighted by molar-refractivity contribution is 0.0947. The molecular formula is C27H32N2O4S. The maximum atomic E-state index is 13.3. The van der Waals surface area contributed by atoms with Crippen LogP contribution in [0.3, 0.4) is 0 Å². The molecule has 0 saturated carbocycles. The fraction of sp³-hybridized carbons (Fsp3) is 0.407. The molecule has 6 nitrogen and oxygen atoms in total. The number of furan rings is 1. The minimum absolute atomic E-state index is 0.118. The second-order valence-corrected chi connectivity index (χ2v) is 10.7. The Labute approximate surface area is 205 Å². The maximum Gasteiger partial charge on any atom is 0.255 e. The van der Waals surface area contributed by atoms with E-state index in [0.717, 1.165) is 41.2 Å². The number of ether oxygens (including phenoxy) is 2. The van der Waals surface area contributed by atoms with Crippen molar-refractivity contribution < 1.29 is 18.7 Å². The van der Waals surface area contributed by atoms with Crippen molar-refractivity contribution in [3.63, 3.8) is 0 Å². The number of carbonyl (C=O) groups is 1. The Morgan fingerprint density at radius 3 is 2.74 bits per heavy atom. The van der Waals surface area contributed by atoms with Gasteiger partial charge in [-0.15, -0.1) is 11.3 Å². The van der Waals surface area contributed by atoms with Crippen LogP contribution < -0.4 is 14.8 Å². The normalized spacial score (nSPS) is 15.9. The van der Waals surface area contributed by atoms with Crippen molar-refractivity contribution in [2.75, 3.05) is 14.2 Å². The van der Waals surface area contributed by atoms with Crippen molar-refractivity contribution in [1.29, 1.82) is 0 Å². The second kappa shape index (κ2) is 10.1. The SMILES string of the molecule is COc1cccc(C=Nc2sc3c(c2C(=O)NCc2ccco2)CC[C@H](C(C)(C)C)C3)c1OC. The summed E-state index contributed by atoms with van der Waals surface area (Å²) >= 11 is 1.62. The molecule has 4 rings (SSSR count). The number of amides is 1. The van der Waals surface area contributed by atoms with Crippen LogP contribution in [-0.4, -0.2) is 26.3 Å². The van der Waals surface area contributed by atoms with Gasteiger partial charge in [0, 0.05) is 16.7 Å². The number of thiophene rings is 1. The number of rotatable bonds is 7. The van der Waals surface area contributed by atoms with E-state index in [2.05, 4.69) is 26.1 Å². The summed E-state index contributed by atoms with van der Waals surface area (Å²) in [6.45, 7) is 7.22. The maximum absolute atomic E-state index is 13.3. The van der Waals surface area contributed by atoms with Crippen molar-refractivity contribution >= 4 is 28.5 Å². The van der Waals surface area contributed by atoms with E-state index >= 15 is 0 Å². The molecule has 0 fully saturated rings. The van der Waals surface area contributed by atoms with Crippen LogP contribution in [0.25, 0.3) is 0 Å². The number of carbonyl (C=O) groups excluding carboxylic acids is 1. The quantitative estimate of drug-likeness (QED) is 0.409. The van der Waals surface area contributed by atoms with Crippen LogP contribution in [-0.2, 0) is 19.4 Å². The summed E-state index contributed by atoms with van der Waals surface area (Å²) in [5.74, 6) is 2.44. The average Bonchev–Trinajstić information content (AvgIpc) is 3.47. The third-order valence-corrected chi connectivity index (χ3v) is 7.62. The highest BCUT2D eigenvalue weighted by molar-refractivity contribution is 7.16. The highest BCUT2D eigenvalue weighted by Crippen LogP contribution is 2.45. The summed E-state index contributed by atoms with van der Waals surface area (Å²) in [5, 5.41) is 3.74. The van der Waals surface area contributed by atoms with Crippen molar-refractivity contribution in [1.82, 2.24) is 5.32 Å². The van der Waals surface area contributed by atoms with E-state index in [1.54, 1.807) is 38.0 Å². The van der Waals surface area contributed by atoms with Gasteiger partial charge >= 0.3 is 0 Å². The Kier molecular flexibility index (Phi) is 7.12. The summed E-state index contributed by atoms with van der Waals surface area (Å²) in [7, 11) is 3.22. The topological polar surface area (TPSA) is 73.1 Å². The Bertz CT molecular complexity index is 1170. The predicted octanol–water partition coefficient (Wildman–Crippen LogP) is 6.19. The van der Waals surface area contributed by atoms with Crippen LogP contribution in [0.2, 0.25) is 0 Å². The zero-order chi connectivity index (χ0) is 24.3. The first-order valence-corrected chi connectivity index (χ1v) is 12.3. The van der Waals surface area contributed by atoms with Crippen LogP contribution in [0.15, 0.2) is 46.0 Å². The number of fused-ring (bicyclic) bond motifs is 1. The smallest absolute Gasteiger partial charge is 0.255 e. The number of para-hydroxylation sites is 1. The molecule has 2 heterocycles. The van der Waals surface area contributed by atoms with E-state index in [9.17, 15) is 4.79 Å². The van der Waals surface area contributed by atoms with Gasteiger partial charge in [-0.05, 0) is 60.4 Å². The lowest BCUT2D eigenvalue weighted by atomic mass is 9.72. The molecule has 2 aromatic heterocycles. The molecule has 0 unspecified atom stereocenters. The van der Waals surface area contributed by atoms with E-state index in [1.165, 1.54) is 4.88 Å². The average molecular weight is 481 g/mol. The third-order valence-electron chi connectivity index (χ3n) is 6.46. The van der Waals surface area contributed by atoms with E-state index in [1.807, 2.05) is 30.3 Å². The second-order valence-electron chi connectivity index (χ2n) is 9.59. The Hall–Kier alpha value is -3.06. The van der Waals surface area contributed by atoms with Crippen LogP contribution in [0, 0.1) is 11.3 Å². The highest BCUT2D eigenvalue weighted by atomic mass is 32.1. The zero-order valence-electron chi connectivity index (χ0n) is 20.4. The van der Waals surface area contributed by atoms with Gasteiger partial charge in [-0.1, -0.05) is 26.8 Å². The monoisotopic (exact) mass is 480 g/mol. The standard InChI is InChI=1S/C27H32N2O4S/c1-27(2,3)18-11-12-20-22(14-18)34-26(23(20)25(30)28-16-19-9-7-13-33-19)29-15-17-8-6-10-21(31-4)24(17)32-5/h6-10,13,15,18H,11-12,14,16H2,1-5H3,(H,28,30)/t18-/m0/s1. The molecular weight excluding hydrogens is 448 g/mol. The number of nitrogens with zero attached hydrogens (tertiary/aromatic N) is 1. The van der Waals surface area contributed by atoms with Gasteiger partial charge in [-0.25, -0.2) is 4.99 Å². The number of aliphatic imine (C=N–C) groups is 1. The fourth-order valence-electron chi connectivity index (χ4n) is 4.45. The van der Waals surface area contributed by atoms with E-state index in [-0.39, 0.29) is 11.3 Å². The van der Waals surface area contributed by atoms with Gasteiger partial charge in [0.2, 0.25) is 0 Å². The molecule has 0 aliphatic heterocycles. The summed E-state index contributed by atoms with van der Waals surface area (Å²) in [6.07, 6.45) is 6.29. The molecule has 0 spiro atoms. The molecule has 1 aromatic carbocycles. The summed E-state index contributed by atoms with van der Waals surface area (Å²) < 4.78 is 16.3. The van der Waals surface area contributed by atoms with Gasteiger partial charge in [0.1, 0.15) is 10.8 Å². The Morgan fingerprint density at radius 2 is 2.06 bits per heavy atom. The predicted molar refractivity (Wildman–Crippen MR) is 136 cm³/mol. The lowest BCUT2D eigenvalue weighted by Crippen LogP contribution is -2.28. The first kappa shape index (κ1) is 24.1. The summed E-state index contributed by atoms with van der Waals surface area (Å²) in [4.78, 5) is 19.4. The van der Waals surface area contributed by atoms with Crippen molar-refractivity contribution in [3.05, 3.63) is 63.9 Å². The zero-order valence-corrected chi connectivity index (χ0v) is 21.3. The van der Waals surface area contributed by atoms with E-state index < -0.39 is 0 Å². The molecule has 1 aliphatic rings. The van der Waals surface area contributed by atoms with Crippen LogP contribution in [0.1, 0.15) is 59.3 Å². The Balaban J connectivity index is 1.69. The minimum Gasteiger partial charge on any atom is -0.493 e. The number of hydrogen-bond acceptors (Lipinski definition) is 6. The first-order valence-electron chi connectivity index (χ1n) is 11.5. The number of benzene rings is 1. The van der Waals surface area contributed by atoms with Gasteiger partial charge in [-0.2, -0.15) is 0 Å². The lowest BCUT2D eigenvalue weighted by Gasteiger charge is -2.33. The molecule has 0 saturated heterocycles. The van der Waals surface area contributed by atoms with Crippen LogP contribution in [0.4, 0.5) is 5.00 Å². The molecule has 180 valence electrons. The number of methoxy groups -OCH3 is 2. The van der Waals surface area contributed by atoms with Gasteiger partial charge in [0.25, 0.3) is 5.91 Å². The Morgan fingerprint density at radius 1 is 1.24 bits per heavy atom. The highest BCUT2D eigenvalue weighted by Gasteiger charge is 2.33. The number of nitrogens with one attached hydrogen (secondary N) is 1. The van der Waals surface area contributed by atoms with Gasteiger partial charge < -0.3 is 19.2 Å². The molecule has 0 radical (unpaired) electrons. The molecule has 1 N–H and O–H groups in total.